The van der Waals surface area contributed by atoms with Crippen molar-refractivity contribution in [2.24, 2.45) is 0 Å². The standard InChI is InChI=1S/C16H12O6/c1-21-10-6-11(18)13-12(7-10)22-16(15(20)14(13)19)8-2-4-9(17)5-3-8/h2-7,17-18,20H,1H3/p-1. The summed E-state index contributed by atoms with van der Waals surface area (Å²) in [5.74, 6) is -1.08. The minimum Gasteiger partial charge on any atom is -0.867 e. The highest BCUT2D eigenvalue weighted by Gasteiger charge is 2.14. The molecule has 0 unspecified atom stereocenters. The molecule has 0 aliphatic rings. The third-order valence-corrected chi connectivity index (χ3v) is 3.27. The quantitative estimate of drug-likeness (QED) is 0.749. The molecule has 3 rings (SSSR count). The van der Waals surface area contributed by atoms with Crippen LogP contribution >= 0.6 is 0 Å². The first-order chi connectivity index (χ1) is 10.5. The van der Waals surface area contributed by atoms with E-state index in [4.69, 9.17) is 9.15 Å². The lowest BCUT2D eigenvalue weighted by Crippen LogP contribution is -2.11. The molecule has 0 amide bonds. The average molecular weight is 299 g/mol. The van der Waals surface area contributed by atoms with Gasteiger partial charge in [-0.3, -0.25) is 4.79 Å². The lowest BCUT2D eigenvalue weighted by molar-refractivity contribution is -0.270. The van der Waals surface area contributed by atoms with E-state index in [0.29, 0.717) is 11.3 Å². The summed E-state index contributed by atoms with van der Waals surface area (Å²) in [5.41, 5.74) is -0.460. The van der Waals surface area contributed by atoms with Gasteiger partial charge in [0.2, 0.25) is 0 Å². The van der Waals surface area contributed by atoms with Crippen molar-refractivity contribution in [3.05, 3.63) is 46.6 Å². The van der Waals surface area contributed by atoms with Crippen LogP contribution in [-0.2, 0) is 0 Å². The van der Waals surface area contributed by atoms with Crippen LogP contribution < -0.4 is 15.3 Å². The molecule has 2 N–H and O–H groups in total. The average Bonchev–Trinajstić information content (AvgIpc) is 2.51. The van der Waals surface area contributed by atoms with Gasteiger partial charge in [0.1, 0.15) is 34.0 Å². The van der Waals surface area contributed by atoms with Gasteiger partial charge < -0.3 is 24.5 Å². The van der Waals surface area contributed by atoms with E-state index in [2.05, 4.69) is 0 Å². The molecule has 0 fully saturated rings. The van der Waals surface area contributed by atoms with Crippen LogP contribution in [0.15, 0.2) is 45.6 Å². The number of fused-ring (bicyclic) bond motifs is 1. The predicted molar refractivity (Wildman–Crippen MR) is 77.2 cm³/mol. The molecule has 6 heteroatoms. The molecule has 2 aromatic carbocycles. The zero-order chi connectivity index (χ0) is 15.9. The molecule has 0 bridgehead atoms. The monoisotopic (exact) mass is 299 g/mol. The number of benzene rings is 2. The van der Waals surface area contributed by atoms with E-state index in [1.54, 1.807) is 0 Å². The van der Waals surface area contributed by atoms with Crippen molar-refractivity contribution in [1.29, 1.82) is 0 Å². The van der Waals surface area contributed by atoms with Gasteiger partial charge in [0, 0.05) is 17.7 Å². The van der Waals surface area contributed by atoms with Gasteiger partial charge in [-0.2, -0.15) is 0 Å². The van der Waals surface area contributed by atoms with Crippen molar-refractivity contribution in [2.75, 3.05) is 7.11 Å². The molecule has 1 aromatic heterocycles. The molecule has 0 aliphatic carbocycles. The molecule has 0 saturated carbocycles. The molecule has 0 spiro atoms. The zero-order valence-corrected chi connectivity index (χ0v) is 11.5. The molecule has 6 nitrogen and oxygen atoms in total. The topological polar surface area (TPSA) is 103 Å². The van der Waals surface area contributed by atoms with E-state index in [1.165, 1.54) is 43.5 Å². The van der Waals surface area contributed by atoms with Crippen molar-refractivity contribution in [1.82, 2.24) is 0 Å². The van der Waals surface area contributed by atoms with E-state index in [0.717, 1.165) is 0 Å². The minimum atomic E-state index is -0.862. The number of methoxy groups -OCH3 is 1. The lowest BCUT2D eigenvalue weighted by Gasteiger charge is -2.14. The van der Waals surface area contributed by atoms with Crippen molar-refractivity contribution in [2.45, 2.75) is 0 Å². The third-order valence-electron chi connectivity index (χ3n) is 3.27. The van der Waals surface area contributed by atoms with Crippen LogP contribution in [0.25, 0.3) is 22.3 Å². The van der Waals surface area contributed by atoms with Crippen molar-refractivity contribution in [3.63, 3.8) is 0 Å². The van der Waals surface area contributed by atoms with Crippen LogP contribution in [0.1, 0.15) is 0 Å². The highest BCUT2D eigenvalue weighted by molar-refractivity contribution is 5.88. The molecule has 112 valence electrons. The largest absolute Gasteiger partial charge is 0.867 e. The molecule has 22 heavy (non-hydrogen) atoms. The summed E-state index contributed by atoms with van der Waals surface area (Å²) in [6.07, 6.45) is 0. The maximum atomic E-state index is 12.2. The second-order valence-corrected chi connectivity index (χ2v) is 4.66. The van der Waals surface area contributed by atoms with Crippen LogP contribution in [0.3, 0.4) is 0 Å². The molecule has 0 saturated heterocycles. The number of aromatic hydroxyl groups is 2. The molecule has 1 heterocycles. The Kier molecular flexibility index (Phi) is 3.14. The fourth-order valence-corrected chi connectivity index (χ4v) is 2.18. The van der Waals surface area contributed by atoms with Gasteiger partial charge in [0.25, 0.3) is 0 Å². The van der Waals surface area contributed by atoms with Gasteiger partial charge in [0.15, 0.2) is 5.43 Å². The Balaban J connectivity index is 2.35. The Morgan fingerprint density at radius 3 is 2.45 bits per heavy atom. The third kappa shape index (κ3) is 2.10. The predicted octanol–water partition coefficient (Wildman–Crippen LogP) is 1.95. The van der Waals surface area contributed by atoms with E-state index in [-0.39, 0.29) is 28.2 Å². The number of phenols is 2. The summed E-state index contributed by atoms with van der Waals surface area (Å²) < 4.78 is 10.5. The van der Waals surface area contributed by atoms with Crippen LogP contribution in [-0.4, -0.2) is 17.3 Å². The first kappa shape index (κ1) is 13.8. The van der Waals surface area contributed by atoms with Gasteiger partial charge >= 0.3 is 0 Å². The van der Waals surface area contributed by atoms with Gasteiger partial charge in [-0.05, 0) is 30.0 Å². The van der Waals surface area contributed by atoms with Crippen molar-refractivity contribution in [3.8, 4) is 34.3 Å². The van der Waals surface area contributed by atoms with E-state index < -0.39 is 11.2 Å². The lowest BCUT2D eigenvalue weighted by atomic mass is 10.1. The smallest absolute Gasteiger partial charge is 0.189 e. The molecule has 0 radical (unpaired) electrons. The Morgan fingerprint density at radius 1 is 1.14 bits per heavy atom. The summed E-state index contributed by atoms with van der Waals surface area (Å²) in [6, 6.07) is 8.32. The zero-order valence-electron chi connectivity index (χ0n) is 11.5. The highest BCUT2D eigenvalue weighted by Crippen LogP contribution is 2.34. The number of hydrogen-bond donors (Lipinski definition) is 2. The maximum Gasteiger partial charge on any atom is 0.189 e. The van der Waals surface area contributed by atoms with Crippen LogP contribution in [0, 0.1) is 0 Å². The first-order valence-electron chi connectivity index (χ1n) is 6.35. The van der Waals surface area contributed by atoms with Crippen LogP contribution in [0.4, 0.5) is 0 Å². The number of rotatable bonds is 2. The van der Waals surface area contributed by atoms with E-state index in [1.807, 2.05) is 0 Å². The van der Waals surface area contributed by atoms with Gasteiger partial charge in [-0.15, -0.1) is 0 Å². The maximum absolute atomic E-state index is 12.2. The van der Waals surface area contributed by atoms with Crippen LogP contribution in [0.2, 0.25) is 0 Å². The molecular weight excluding hydrogens is 288 g/mol. The van der Waals surface area contributed by atoms with E-state index >= 15 is 0 Å². The molecule has 3 aromatic rings. The fraction of sp³-hybridized carbons (Fsp3) is 0.0625. The number of hydrogen-bond acceptors (Lipinski definition) is 6. The Morgan fingerprint density at radius 2 is 1.82 bits per heavy atom. The summed E-state index contributed by atoms with van der Waals surface area (Å²) in [7, 11) is 1.40. The minimum absolute atomic E-state index is 0.0265. The highest BCUT2D eigenvalue weighted by atomic mass is 16.5. The van der Waals surface area contributed by atoms with Gasteiger partial charge in [-0.25, -0.2) is 0 Å². The Bertz CT molecular complexity index is 909. The second-order valence-electron chi connectivity index (χ2n) is 4.66. The number of phenolic OH excluding ortho intramolecular Hbond substituents is 2. The number of ether oxygens (including phenoxy) is 1. The SMILES string of the molecule is COc1cc(O)c2c(=O)c([O-])c(-c3ccc(O)cc3)oc2c1. The van der Waals surface area contributed by atoms with Gasteiger partial charge in [0.05, 0.1) is 7.11 Å². The summed E-state index contributed by atoms with van der Waals surface area (Å²) in [5, 5.41) is 31.1. The normalized spacial score (nSPS) is 10.8. The van der Waals surface area contributed by atoms with Crippen molar-refractivity contribution >= 4 is 11.0 Å². The van der Waals surface area contributed by atoms with Gasteiger partial charge in [-0.1, -0.05) is 0 Å². The molecular formula is C16H11O6-. The Labute approximate surface area is 124 Å². The summed E-state index contributed by atoms with van der Waals surface area (Å²) >= 11 is 0. The second kappa shape index (κ2) is 5.00. The van der Waals surface area contributed by atoms with E-state index in [9.17, 15) is 20.1 Å². The van der Waals surface area contributed by atoms with Crippen LogP contribution in [0.5, 0.6) is 23.0 Å². The molecule has 0 aliphatic heterocycles. The first-order valence-corrected chi connectivity index (χ1v) is 6.35. The fourth-order valence-electron chi connectivity index (χ4n) is 2.18. The summed E-state index contributed by atoms with van der Waals surface area (Å²) in [4.78, 5) is 12.2. The molecule has 0 atom stereocenters. The summed E-state index contributed by atoms with van der Waals surface area (Å²) in [6.45, 7) is 0. The Hall–Kier alpha value is -3.15. The van der Waals surface area contributed by atoms with Crippen molar-refractivity contribution < 1.29 is 24.5 Å².